The van der Waals surface area contributed by atoms with Crippen LogP contribution in [-0.2, 0) is 0 Å². The van der Waals surface area contributed by atoms with Crippen LogP contribution in [0.2, 0.25) is 0 Å². The Morgan fingerprint density at radius 2 is 1.88 bits per heavy atom. The highest BCUT2D eigenvalue weighted by Gasteiger charge is 2.21. The fraction of sp³-hybridized carbons (Fsp3) is 0.200. The van der Waals surface area contributed by atoms with Gasteiger partial charge in [-0.1, -0.05) is 19.9 Å². The first kappa shape index (κ1) is 17.7. The van der Waals surface area contributed by atoms with Crippen molar-refractivity contribution < 1.29 is 14.3 Å². The van der Waals surface area contributed by atoms with Crippen LogP contribution in [0.5, 0.6) is 5.75 Å². The van der Waals surface area contributed by atoms with Gasteiger partial charge in [-0.15, -0.1) is 0 Å². The number of aromatic nitrogens is 2. The van der Waals surface area contributed by atoms with E-state index in [9.17, 15) is 14.3 Å². The highest BCUT2D eigenvalue weighted by molar-refractivity contribution is 6.05. The van der Waals surface area contributed by atoms with Gasteiger partial charge in [0.25, 0.3) is 5.91 Å². The van der Waals surface area contributed by atoms with Crippen molar-refractivity contribution in [3.63, 3.8) is 0 Å². The summed E-state index contributed by atoms with van der Waals surface area (Å²) in [6.45, 7) is 5.79. The molecule has 2 N–H and O–H groups in total. The molecular formula is C20H20FN3O2. The van der Waals surface area contributed by atoms with Crippen molar-refractivity contribution in [1.29, 1.82) is 0 Å². The minimum atomic E-state index is -0.358. The van der Waals surface area contributed by atoms with E-state index in [1.165, 1.54) is 24.4 Å². The lowest BCUT2D eigenvalue weighted by Gasteiger charge is -2.13. The summed E-state index contributed by atoms with van der Waals surface area (Å²) < 4.78 is 14.8. The van der Waals surface area contributed by atoms with Crippen molar-refractivity contribution in [3.05, 3.63) is 71.3 Å². The fourth-order valence-electron chi connectivity index (χ4n) is 2.82. The van der Waals surface area contributed by atoms with Crippen molar-refractivity contribution >= 4 is 11.6 Å². The Labute approximate surface area is 151 Å². The maximum absolute atomic E-state index is 13.2. The van der Waals surface area contributed by atoms with E-state index in [-0.39, 0.29) is 23.4 Å². The summed E-state index contributed by atoms with van der Waals surface area (Å²) in [6, 6.07) is 10.9. The number of carbonyl (C=O) groups is 1. The molecule has 0 atom stereocenters. The largest absolute Gasteiger partial charge is 0.506 e. The van der Waals surface area contributed by atoms with Crippen molar-refractivity contribution in [2.75, 3.05) is 5.32 Å². The third-order valence-corrected chi connectivity index (χ3v) is 4.07. The van der Waals surface area contributed by atoms with Gasteiger partial charge >= 0.3 is 0 Å². The number of hydrogen-bond donors (Lipinski definition) is 2. The van der Waals surface area contributed by atoms with Gasteiger partial charge in [-0.3, -0.25) is 4.79 Å². The minimum absolute atomic E-state index is 0.000901. The monoisotopic (exact) mass is 353 g/mol. The average molecular weight is 353 g/mol. The molecule has 0 radical (unpaired) electrons. The second kappa shape index (κ2) is 7.00. The van der Waals surface area contributed by atoms with E-state index in [0.29, 0.717) is 22.6 Å². The number of phenols is 1. The van der Waals surface area contributed by atoms with E-state index >= 15 is 0 Å². The molecule has 0 aliphatic rings. The maximum atomic E-state index is 13.2. The number of benzene rings is 2. The van der Waals surface area contributed by atoms with Crippen LogP contribution in [0, 0.1) is 12.7 Å². The predicted molar refractivity (Wildman–Crippen MR) is 98.4 cm³/mol. The van der Waals surface area contributed by atoms with Crippen molar-refractivity contribution in [2.24, 2.45) is 0 Å². The third kappa shape index (κ3) is 3.44. The maximum Gasteiger partial charge on any atom is 0.259 e. The Morgan fingerprint density at radius 3 is 2.54 bits per heavy atom. The number of amides is 1. The molecule has 5 nitrogen and oxygen atoms in total. The molecule has 3 aromatic rings. The number of aryl methyl sites for hydroxylation is 1. The van der Waals surface area contributed by atoms with Gasteiger partial charge in [0, 0.05) is 0 Å². The summed E-state index contributed by atoms with van der Waals surface area (Å²) in [6.07, 6.45) is 1.49. The molecule has 0 fully saturated rings. The van der Waals surface area contributed by atoms with E-state index in [1.54, 1.807) is 28.9 Å². The number of nitrogens with one attached hydrogen (secondary N) is 1. The lowest BCUT2D eigenvalue weighted by molar-refractivity contribution is 0.102. The van der Waals surface area contributed by atoms with Crippen molar-refractivity contribution in [1.82, 2.24) is 9.78 Å². The van der Waals surface area contributed by atoms with E-state index < -0.39 is 0 Å². The summed E-state index contributed by atoms with van der Waals surface area (Å²) in [5, 5.41) is 17.0. The number of phenolic OH excluding ortho intramolecular Hbond substituents is 1. The number of halogens is 1. The lowest BCUT2D eigenvalue weighted by atomic mass is 10.0. The molecule has 0 aliphatic carbocycles. The standard InChI is InChI=1S/C20H20FN3O2/c1-12(2)19-16(11-22-24(19)15-7-5-14(21)6-8-15)20(26)23-17-10-13(3)4-9-18(17)25/h4-12,25H,1-3H3,(H,23,26). The molecule has 6 heteroatoms. The van der Waals surface area contributed by atoms with Gasteiger partial charge in [-0.05, 0) is 54.8 Å². The second-order valence-electron chi connectivity index (χ2n) is 6.46. The number of aromatic hydroxyl groups is 1. The van der Waals surface area contributed by atoms with E-state index in [0.717, 1.165) is 5.56 Å². The van der Waals surface area contributed by atoms with Gasteiger partial charge in [0.1, 0.15) is 11.6 Å². The summed E-state index contributed by atoms with van der Waals surface area (Å²) in [4.78, 5) is 12.8. The van der Waals surface area contributed by atoms with Crippen LogP contribution in [0.4, 0.5) is 10.1 Å². The second-order valence-corrected chi connectivity index (χ2v) is 6.46. The SMILES string of the molecule is Cc1ccc(O)c(NC(=O)c2cnn(-c3ccc(F)cc3)c2C(C)C)c1. The Balaban J connectivity index is 1.98. The van der Waals surface area contributed by atoms with E-state index in [2.05, 4.69) is 10.4 Å². The van der Waals surface area contributed by atoms with Gasteiger partial charge < -0.3 is 10.4 Å². The topological polar surface area (TPSA) is 67.2 Å². The fourth-order valence-corrected chi connectivity index (χ4v) is 2.82. The molecule has 0 unspecified atom stereocenters. The number of hydrogen-bond acceptors (Lipinski definition) is 3. The highest BCUT2D eigenvalue weighted by atomic mass is 19.1. The van der Waals surface area contributed by atoms with Gasteiger partial charge in [-0.25, -0.2) is 9.07 Å². The molecule has 1 heterocycles. The van der Waals surface area contributed by atoms with Crippen LogP contribution >= 0.6 is 0 Å². The molecule has 0 aliphatic heterocycles. The smallest absolute Gasteiger partial charge is 0.259 e. The van der Waals surface area contributed by atoms with Crippen LogP contribution in [-0.4, -0.2) is 20.8 Å². The van der Waals surface area contributed by atoms with Gasteiger partial charge in [0.2, 0.25) is 0 Å². The first-order valence-corrected chi connectivity index (χ1v) is 8.31. The molecule has 0 spiro atoms. The van der Waals surface area contributed by atoms with Crippen molar-refractivity contribution in [3.8, 4) is 11.4 Å². The average Bonchev–Trinajstić information content (AvgIpc) is 3.04. The van der Waals surface area contributed by atoms with Crippen LogP contribution in [0.3, 0.4) is 0 Å². The zero-order valence-electron chi connectivity index (χ0n) is 14.8. The summed E-state index contributed by atoms with van der Waals surface area (Å²) in [7, 11) is 0. The Hall–Kier alpha value is -3.15. The molecule has 0 saturated heterocycles. The molecule has 134 valence electrons. The summed E-state index contributed by atoms with van der Waals surface area (Å²) in [5.41, 5.74) is 3.06. The molecule has 3 rings (SSSR count). The Morgan fingerprint density at radius 1 is 1.19 bits per heavy atom. The van der Waals surface area contributed by atoms with E-state index in [1.807, 2.05) is 20.8 Å². The predicted octanol–water partition coefficient (Wildman–Crippen LogP) is 4.40. The van der Waals surface area contributed by atoms with Crippen LogP contribution < -0.4 is 5.32 Å². The Bertz CT molecular complexity index is 946. The molecule has 26 heavy (non-hydrogen) atoms. The van der Waals surface area contributed by atoms with Gasteiger partial charge in [0.05, 0.1) is 28.8 Å². The summed E-state index contributed by atoms with van der Waals surface area (Å²) >= 11 is 0. The molecular weight excluding hydrogens is 333 g/mol. The molecule has 0 saturated carbocycles. The molecule has 2 aromatic carbocycles. The number of nitrogens with zero attached hydrogens (tertiary/aromatic N) is 2. The van der Waals surface area contributed by atoms with Crippen LogP contribution in [0.15, 0.2) is 48.7 Å². The quantitative estimate of drug-likeness (QED) is 0.683. The van der Waals surface area contributed by atoms with Crippen molar-refractivity contribution in [2.45, 2.75) is 26.7 Å². The third-order valence-electron chi connectivity index (χ3n) is 4.07. The number of rotatable bonds is 4. The number of anilines is 1. The molecule has 1 aromatic heterocycles. The zero-order chi connectivity index (χ0) is 18.8. The summed E-state index contributed by atoms with van der Waals surface area (Å²) in [5.74, 6) is -0.682. The van der Waals surface area contributed by atoms with Crippen LogP contribution in [0.1, 0.15) is 41.4 Å². The normalized spacial score (nSPS) is 11.0. The van der Waals surface area contributed by atoms with Gasteiger partial charge in [-0.2, -0.15) is 5.10 Å². The minimum Gasteiger partial charge on any atom is -0.506 e. The molecule has 1 amide bonds. The first-order chi connectivity index (χ1) is 12.4. The zero-order valence-corrected chi connectivity index (χ0v) is 14.8. The van der Waals surface area contributed by atoms with E-state index in [4.69, 9.17) is 0 Å². The van der Waals surface area contributed by atoms with Gasteiger partial charge in [0.15, 0.2) is 0 Å². The lowest BCUT2D eigenvalue weighted by Crippen LogP contribution is -2.15. The first-order valence-electron chi connectivity index (χ1n) is 8.31. The highest BCUT2D eigenvalue weighted by Crippen LogP contribution is 2.27. The number of carbonyl (C=O) groups excluding carboxylic acids is 1. The Kier molecular flexibility index (Phi) is 4.75. The van der Waals surface area contributed by atoms with Crippen LogP contribution in [0.25, 0.3) is 5.69 Å². The molecule has 0 bridgehead atoms.